The van der Waals surface area contributed by atoms with Crippen LogP contribution in [0.1, 0.15) is 18.9 Å². The van der Waals surface area contributed by atoms with Crippen molar-refractivity contribution in [2.75, 3.05) is 26.2 Å². The number of ether oxygens (including phenoxy) is 1. The summed E-state index contributed by atoms with van der Waals surface area (Å²) >= 11 is 0. The molecule has 3 rings (SSSR count). The minimum atomic E-state index is -0.237. The fourth-order valence-electron chi connectivity index (χ4n) is 3.35. The van der Waals surface area contributed by atoms with Gasteiger partial charge in [0.05, 0.1) is 31.7 Å². The van der Waals surface area contributed by atoms with Crippen molar-refractivity contribution in [3.63, 3.8) is 0 Å². The van der Waals surface area contributed by atoms with Crippen LogP contribution in [0, 0.1) is 0 Å². The maximum absolute atomic E-state index is 12.5. The standard InChI is InChI=1S/C18H23N3O4/c1-13(22)19-9-18(24)20-11-15-16(12-20)25-8-7-17(23)21(15)10-14-5-3-2-4-6-14/h2-6,15-16H,7-12H2,1H3,(H,19,22)/t15-,16-/m0/s1. The maximum Gasteiger partial charge on any atom is 0.242 e. The number of nitrogens with one attached hydrogen (secondary N) is 1. The molecule has 2 saturated heterocycles. The Kier molecular flexibility index (Phi) is 5.33. The number of carbonyl (C=O) groups is 3. The Labute approximate surface area is 146 Å². The van der Waals surface area contributed by atoms with Crippen molar-refractivity contribution in [2.24, 2.45) is 0 Å². The Bertz CT molecular complexity index is 649. The van der Waals surface area contributed by atoms with Gasteiger partial charge in [-0.25, -0.2) is 0 Å². The molecule has 7 heteroatoms. The van der Waals surface area contributed by atoms with E-state index in [4.69, 9.17) is 4.74 Å². The number of carbonyl (C=O) groups excluding carboxylic acids is 3. The predicted octanol–water partition coefficient (Wildman–Crippen LogP) is 0.151. The van der Waals surface area contributed by atoms with Crippen LogP contribution in [-0.4, -0.2) is 65.9 Å². The Hall–Kier alpha value is -2.41. The highest BCUT2D eigenvalue weighted by atomic mass is 16.5. The summed E-state index contributed by atoms with van der Waals surface area (Å²) in [6, 6.07) is 9.66. The second-order valence-electron chi connectivity index (χ2n) is 6.44. The van der Waals surface area contributed by atoms with Crippen LogP contribution in [0.25, 0.3) is 0 Å². The predicted molar refractivity (Wildman–Crippen MR) is 90.4 cm³/mol. The summed E-state index contributed by atoms with van der Waals surface area (Å²) < 4.78 is 5.83. The van der Waals surface area contributed by atoms with Gasteiger partial charge in [-0.05, 0) is 5.56 Å². The molecule has 1 aromatic carbocycles. The van der Waals surface area contributed by atoms with E-state index in [-0.39, 0.29) is 36.4 Å². The Morgan fingerprint density at radius 2 is 2.00 bits per heavy atom. The molecule has 2 aliphatic heterocycles. The molecular weight excluding hydrogens is 322 g/mol. The van der Waals surface area contributed by atoms with Crippen LogP contribution in [0.4, 0.5) is 0 Å². The summed E-state index contributed by atoms with van der Waals surface area (Å²) in [4.78, 5) is 39.3. The number of fused-ring (bicyclic) bond motifs is 1. The third kappa shape index (κ3) is 4.17. The minimum Gasteiger partial charge on any atom is -0.374 e. The van der Waals surface area contributed by atoms with Crippen molar-refractivity contribution in [1.82, 2.24) is 15.1 Å². The van der Waals surface area contributed by atoms with Crippen molar-refractivity contribution in [3.05, 3.63) is 35.9 Å². The molecule has 0 spiro atoms. The van der Waals surface area contributed by atoms with Crippen molar-refractivity contribution < 1.29 is 19.1 Å². The van der Waals surface area contributed by atoms with Crippen LogP contribution in [0.15, 0.2) is 30.3 Å². The number of amides is 3. The lowest BCUT2D eigenvalue weighted by molar-refractivity contribution is -0.135. The molecular formula is C18H23N3O4. The van der Waals surface area contributed by atoms with Crippen molar-refractivity contribution in [1.29, 1.82) is 0 Å². The Morgan fingerprint density at radius 1 is 1.24 bits per heavy atom. The molecule has 2 fully saturated rings. The van der Waals surface area contributed by atoms with Crippen molar-refractivity contribution in [2.45, 2.75) is 32.0 Å². The minimum absolute atomic E-state index is 0.0264. The number of likely N-dealkylation sites (tertiary alicyclic amines) is 1. The number of benzene rings is 1. The Morgan fingerprint density at radius 3 is 2.72 bits per heavy atom. The Balaban J connectivity index is 1.71. The molecule has 134 valence electrons. The summed E-state index contributed by atoms with van der Waals surface area (Å²) in [5, 5.41) is 2.52. The van der Waals surface area contributed by atoms with Gasteiger partial charge in [0.2, 0.25) is 17.7 Å². The van der Waals surface area contributed by atoms with Gasteiger partial charge in [-0.2, -0.15) is 0 Å². The molecule has 0 aliphatic carbocycles. The summed E-state index contributed by atoms with van der Waals surface area (Å²) in [7, 11) is 0. The fraction of sp³-hybridized carbons (Fsp3) is 0.500. The molecule has 0 bridgehead atoms. The third-order valence-corrected chi connectivity index (χ3v) is 4.64. The first-order valence-electron chi connectivity index (χ1n) is 8.52. The molecule has 7 nitrogen and oxygen atoms in total. The number of rotatable bonds is 4. The van der Waals surface area contributed by atoms with Gasteiger partial charge < -0.3 is 19.9 Å². The van der Waals surface area contributed by atoms with Crippen LogP contribution < -0.4 is 5.32 Å². The van der Waals surface area contributed by atoms with Gasteiger partial charge in [0, 0.05) is 26.6 Å². The average Bonchev–Trinajstić information content (AvgIpc) is 2.96. The topological polar surface area (TPSA) is 79.0 Å². The molecule has 0 aromatic heterocycles. The van der Waals surface area contributed by atoms with Crippen LogP contribution >= 0.6 is 0 Å². The molecule has 3 amide bonds. The molecule has 1 N–H and O–H groups in total. The highest BCUT2D eigenvalue weighted by molar-refractivity contribution is 5.84. The second-order valence-corrected chi connectivity index (χ2v) is 6.44. The molecule has 2 atom stereocenters. The summed E-state index contributed by atoms with van der Waals surface area (Å²) in [6.45, 7) is 3.12. The van der Waals surface area contributed by atoms with Gasteiger partial charge >= 0.3 is 0 Å². The highest BCUT2D eigenvalue weighted by Gasteiger charge is 2.42. The SMILES string of the molecule is CC(=O)NCC(=O)N1C[C@@H]2OCCC(=O)N(Cc3ccccc3)[C@H]2C1. The summed E-state index contributed by atoms with van der Waals surface area (Å²) in [6.07, 6.45) is 0.177. The van der Waals surface area contributed by atoms with Gasteiger partial charge in [-0.1, -0.05) is 30.3 Å². The van der Waals surface area contributed by atoms with Crippen LogP contribution in [0.2, 0.25) is 0 Å². The zero-order valence-electron chi connectivity index (χ0n) is 14.3. The van der Waals surface area contributed by atoms with Crippen molar-refractivity contribution in [3.8, 4) is 0 Å². The highest BCUT2D eigenvalue weighted by Crippen LogP contribution is 2.25. The molecule has 0 saturated carbocycles. The van der Waals surface area contributed by atoms with E-state index in [9.17, 15) is 14.4 Å². The zero-order chi connectivity index (χ0) is 17.8. The molecule has 2 heterocycles. The zero-order valence-corrected chi connectivity index (χ0v) is 14.3. The van der Waals surface area contributed by atoms with E-state index in [1.54, 1.807) is 4.90 Å². The average molecular weight is 345 g/mol. The molecule has 0 unspecified atom stereocenters. The van der Waals surface area contributed by atoms with Gasteiger partial charge in [0.1, 0.15) is 0 Å². The third-order valence-electron chi connectivity index (χ3n) is 4.64. The molecule has 2 aliphatic rings. The first kappa shape index (κ1) is 17.4. The molecule has 25 heavy (non-hydrogen) atoms. The maximum atomic E-state index is 12.5. The van der Waals surface area contributed by atoms with Crippen molar-refractivity contribution >= 4 is 17.7 Å². The number of hydrogen-bond donors (Lipinski definition) is 1. The summed E-state index contributed by atoms with van der Waals surface area (Å²) in [5.74, 6) is -0.342. The summed E-state index contributed by atoms with van der Waals surface area (Å²) in [5.41, 5.74) is 1.06. The normalized spacial score (nSPS) is 23.2. The lowest BCUT2D eigenvalue weighted by Gasteiger charge is -2.29. The van der Waals surface area contributed by atoms with E-state index in [1.807, 2.05) is 35.2 Å². The van der Waals surface area contributed by atoms with E-state index in [1.165, 1.54) is 6.92 Å². The molecule has 0 radical (unpaired) electrons. The first-order chi connectivity index (χ1) is 12.0. The van der Waals surface area contributed by atoms with E-state index in [2.05, 4.69) is 5.32 Å². The van der Waals surface area contributed by atoms with E-state index in [0.29, 0.717) is 32.7 Å². The lowest BCUT2D eigenvalue weighted by atomic mass is 10.1. The first-order valence-corrected chi connectivity index (χ1v) is 8.52. The van der Waals surface area contributed by atoms with Gasteiger partial charge in [0.15, 0.2) is 0 Å². The number of hydrogen-bond acceptors (Lipinski definition) is 4. The smallest absolute Gasteiger partial charge is 0.242 e. The van der Waals surface area contributed by atoms with E-state index < -0.39 is 0 Å². The van der Waals surface area contributed by atoms with E-state index in [0.717, 1.165) is 5.56 Å². The van der Waals surface area contributed by atoms with Crippen LogP contribution in [0.5, 0.6) is 0 Å². The van der Waals surface area contributed by atoms with E-state index >= 15 is 0 Å². The number of nitrogens with zero attached hydrogens (tertiary/aromatic N) is 2. The fourth-order valence-corrected chi connectivity index (χ4v) is 3.35. The quantitative estimate of drug-likeness (QED) is 0.843. The second kappa shape index (κ2) is 7.65. The van der Waals surface area contributed by atoms with Gasteiger partial charge in [0.25, 0.3) is 0 Å². The van der Waals surface area contributed by atoms with Crippen LogP contribution in [0.3, 0.4) is 0 Å². The van der Waals surface area contributed by atoms with Gasteiger partial charge in [-0.15, -0.1) is 0 Å². The largest absolute Gasteiger partial charge is 0.374 e. The lowest BCUT2D eigenvalue weighted by Crippen LogP contribution is -2.45. The van der Waals surface area contributed by atoms with Gasteiger partial charge in [-0.3, -0.25) is 14.4 Å². The monoisotopic (exact) mass is 345 g/mol. The molecule has 1 aromatic rings. The van der Waals surface area contributed by atoms with Crippen LogP contribution in [-0.2, 0) is 25.7 Å².